The molecule has 2 aromatic rings. The number of fused-ring (bicyclic) bond motifs is 1. The van der Waals surface area contributed by atoms with E-state index >= 15 is 0 Å². The minimum Gasteiger partial charge on any atom is -0.504 e. The molecule has 27 heavy (non-hydrogen) atoms. The molecule has 0 unspecified atom stereocenters. The van der Waals surface area contributed by atoms with Crippen molar-refractivity contribution in [3.05, 3.63) is 53.1 Å². The minimum absolute atomic E-state index is 0.220. The molecule has 0 saturated heterocycles. The van der Waals surface area contributed by atoms with E-state index in [4.69, 9.17) is 9.47 Å². The van der Waals surface area contributed by atoms with Gasteiger partial charge in [0.2, 0.25) is 0 Å². The Morgan fingerprint density at radius 1 is 1.07 bits per heavy atom. The molecule has 1 heterocycles. The Bertz CT molecular complexity index is 830. The molecular formula is C23H30NO3+. The van der Waals surface area contributed by atoms with E-state index in [2.05, 4.69) is 31.3 Å². The van der Waals surface area contributed by atoms with Gasteiger partial charge in [-0.1, -0.05) is 6.07 Å². The van der Waals surface area contributed by atoms with Gasteiger partial charge in [0.25, 0.3) is 0 Å². The van der Waals surface area contributed by atoms with Crippen molar-refractivity contribution in [2.75, 3.05) is 34.4 Å². The summed E-state index contributed by atoms with van der Waals surface area (Å²) in [6.45, 7) is 2.40. The van der Waals surface area contributed by atoms with Crippen LogP contribution in [0.25, 0.3) is 0 Å². The first kappa shape index (κ1) is 18.2. The summed E-state index contributed by atoms with van der Waals surface area (Å²) in [5, 5.41) is 10.2. The third kappa shape index (κ3) is 3.63. The van der Waals surface area contributed by atoms with Crippen LogP contribution in [0, 0.1) is 5.92 Å². The lowest BCUT2D eigenvalue weighted by molar-refractivity contribution is -0.943. The summed E-state index contributed by atoms with van der Waals surface area (Å²) in [5.74, 6) is 2.56. The number of likely N-dealkylation sites (N-methyl/N-ethyl adjacent to an activating group) is 1. The molecule has 1 aliphatic heterocycles. The number of quaternary nitrogens is 1. The zero-order valence-electron chi connectivity index (χ0n) is 16.6. The highest BCUT2D eigenvalue weighted by molar-refractivity contribution is 5.43. The first-order chi connectivity index (χ1) is 13.0. The van der Waals surface area contributed by atoms with Crippen LogP contribution >= 0.6 is 0 Å². The average molecular weight is 368 g/mol. The molecule has 4 nitrogen and oxygen atoms in total. The summed E-state index contributed by atoms with van der Waals surface area (Å²) >= 11 is 0. The highest BCUT2D eigenvalue weighted by atomic mass is 16.5. The van der Waals surface area contributed by atoms with E-state index in [1.165, 1.54) is 30.5 Å². The molecule has 0 radical (unpaired) electrons. The number of phenols is 1. The van der Waals surface area contributed by atoms with Crippen LogP contribution < -0.4 is 9.47 Å². The molecule has 144 valence electrons. The van der Waals surface area contributed by atoms with Gasteiger partial charge in [0, 0.05) is 24.3 Å². The number of benzene rings is 2. The highest BCUT2D eigenvalue weighted by Gasteiger charge is 2.42. The van der Waals surface area contributed by atoms with Gasteiger partial charge in [-0.2, -0.15) is 0 Å². The van der Waals surface area contributed by atoms with E-state index in [1.807, 2.05) is 12.1 Å². The van der Waals surface area contributed by atoms with Crippen LogP contribution in [0.4, 0.5) is 0 Å². The van der Waals surface area contributed by atoms with Gasteiger partial charge in [-0.3, -0.25) is 0 Å². The quantitative estimate of drug-likeness (QED) is 0.780. The van der Waals surface area contributed by atoms with E-state index in [9.17, 15) is 5.11 Å². The van der Waals surface area contributed by atoms with Gasteiger partial charge in [0.1, 0.15) is 11.8 Å². The fourth-order valence-electron chi connectivity index (χ4n) is 4.64. The van der Waals surface area contributed by atoms with Crippen LogP contribution in [-0.2, 0) is 12.8 Å². The molecule has 2 aliphatic rings. The van der Waals surface area contributed by atoms with Crippen molar-refractivity contribution in [2.45, 2.75) is 31.7 Å². The minimum atomic E-state index is 0.220. The molecule has 2 aromatic carbocycles. The average Bonchev–Trinajstić information content (AvgIpc) is 3.47. The Morgan fingerprint density at radius 2 is 1.89 bits per heavy atom. The molecule has 2 atom stereocenters. The number of phenolic OH excluding ortho intramolecular Hbond substituents is 1. The summed E-state index contributed by atoms with van der Waals surface area (Å²) in [6, 6.07) is 12.8. The van der Waals surface area contributed by atoms with Crippen molar-refractivity contribution in [1.29, 1.82) is 0 Å². The van der Waals surface area contributed by atoms with Crippen molar-refractivity contribution in [2.24, 2.45) is 5.92 Å². The van der Waals surface area contributed by atoms with Crippen LogP contribution in [0.2, 0.25) is 0 Å². The summed E-state index contributed by atoms with van der Waals surface area (Å²) in [6.07, 6.45) is 4.76. The van der Waals surface area contributed by atoms with Gasteiger partial charge < -0.3 is 19.1 Å². The molecule has 1 N–H and O–H groups in total. The van der Waals surface area contributed by atoms with E-state index in [0.717, 1.165) is 41.1 Å². The third-order valence-corrected chi connectivity index (χ3v) is 6.40. The zero-order valence-corrected chi connectivity index (χ0v) is 16.6. The van der Waals surface area contributed by atoms with Crippen LogP contribution in [0.3, 0.4) is 0 Å². The molecule has 4 rings (SSSR count). The first-order valence-corrected chi connectivity index (χ1v) is 9.89. The second-order valence-corrected chi connectivity index (χ2v) is 8.37. The van der Waals surface area contributed by atoms with Crippen LogP contribution in [-0.4, -0.2) is 43.9 Å². The monoisotopic (exact) mass is 368 g/mol. The lowest BCUT2D eigenvalue weighted by Gasteiger charge is -2.46. The highest BCUT2D eigenvalue weighted by Crippen LogP contribution is 2.43. The first-order valence-electron chi connectivity index (χ1n) is 9.89. The molecule has 0 bridgehead atoms. The molecule has 1 saturated carbocycles. The number of ether oxygens (including phenoxy) is 2. The topological polar surface area (TPSA) is 38.7 Å². The molecular weight excluding hydrogens is 338 g/mol. The summed E-state index contributed by atoms with van der Waals surface area (Å²) in [7, 11) is 5.73. The van der Waals surface area contributed by atoms with Crippen molar-refractivity contribution in [3.63, 3.8) is 0 Å². The van der Waals surface area contributed by atoms with E-state index in [-0.39, 0.29) is 5.75 Å². The zero-order chi connectivity index (χ0) is 19.0. The van der Waals surface area contributed by atoms with Gasteiger partial charge in [-0.25, -0.2) is 0 Å². The Morgan fingerprint density at radius 3 is 2.56 bits per heavy atom. The normalized spacial score (nSPS) is 24.3. The largest absolute Gasteiger partial charge is 0.504 e. The lowest BCUT2D eigenvalue weighted by atomic mass is 9.86. The van der Waals surface area contributed by atoms with E-state index in [0.29, 0.717) is 11.8 Å². The standard InChI is InChI=1S/C23H29NO3/c1-24(15-16-4-5-16)11-10-18-14-19(26-2)7-8-20(18)21(24)12-17-6-9-23(27-3)22(25)13-17/h6-9,13-14,16,21H,4-5,10-12,15H2,1-3H3/p+1/t21-,24+/m1/s1. The van der Waals surface area contributed by atoms with E-state index < -0.39 is 0 Å². The predicted octanol–water partition coefficient (Wildman–Crippen LogP) is 4.11. The van der Waals surface area contributed by atoms with Gasteiger partial charge in [0.05, 0.1) is 34.4 Å². The smallest absolute Gasteiger partial charge is 0.160 e. The van der Waals surface area contributed by atoms with E-state index in [1.54, 1.807) is 14.2 Å². The fraction of sp³-hybridized carbons (Fsp3) is 0.478. The molecule has 1 aliphatic carbocycles. The van der Waals surface area contributed by atoms with Crippen molar-refractivity contribution in [3.8, 4) is 17.2 Å². The lowest BCUT2D eigenvalue weighted by Crippen LogP contribution is -2.53. The maximum absolute atomic E-state index is 10.2. The summed E-state index contributed by atoms with van der Waals surface area (Å²) in [4.78, 5) is 0. The Balaban J connectivity index is 1.69. The molecule has 0 amide bonds. The molecule has 4 heteroatoms. The van der Waals surface area contributed by atoms with Gasteiger partial charge >= 0.3 is 0 Å². The number of rotatable bonds is 6. The van der Waals surface area contributed by atoms with Crippen LogP contribution in [0.5, 0.6) is 17.2 Å². The summed E-state index contributed by atoms with van der Waals surface area (Å²) in [5.41, 5.74) is 3.99. The van der Waals surface area contributed by atoms with Crippen molar-refractivity contribution >= 4 is 0 Å². The number of hydrogen-bond donors (Lipinski definition) is 1. The van der Waals surface area contributed by atoms with Crippen LogP contribution in [0.1, 0.15) is 35.6 Å². The fourth-order valence-corrected chi connectivity index (χ4v) is 4.64. The van der Waals surface area contributed by atoms with Crippen molar-refractivity contribution < 1.29 is 19.1 Å². The van der Waals surface area contributed by atoms with Gasteiger partial charge in [0.15, 0.2) is 11.5 Å². The Hall–Kier alpha value is -2.20. The van der Waals surface area contributed by atoms with Crippen LogP contribution in [0.15, 0.2) is 36.4 Å². The predicted molar refractivity (Wildman–Crippen MR) is 106 cm³/mol. The molecule has 1 fully saturated rings. The van der Waals surface area contributed by atoms with Gasteiger partial charge in [-0.15, -0.1) is 0 Å². The summed E-state index contributed by atoms with van der Waals surface area (Å²) < 4.78 is 11.7. The number of hydrogen-bond acceptors (Lipinski definition) is 3. The second kappa shape index (κ2) is 7.08. The molecule has 0 aromatic heterocycles. The number of aromatic hydroxyl groups is 1. The van der Waals surface area contributed by atoms with Crippen molar-refractivity contribution in [1.82, 2.24) is 0 Å². The maximum atomic E-state index is 10.2. The maximum Gasteiger partial charge on any atom is 0.160 e. The SMILES string of the molecule is COc1ccc2c(c1)CC[N@@+](C)(CC1CC1)[C@@H]2Cc1ccc(OC)c(O)c1. The third-order valence-electron chi connectivity index (χ3n) is 6.40. The number of nitrogens with zero attached hydrogens (tertiary/aromatic N) is 1. The second-order valence-electron chi connectivity index (χ2n) is 8.37. The Kier molecular flexibility index (Phi) is 4.77. The number of methoxy groups -OCH3 is 2. The Labute approximate surface area is 161 Å². The molecule has 0 spiro atoms. The van der Waals surface area contributed by atoms with Gasteiger partial charge in [-0.05, 0) is 54.3 Å².